The fourth-order valence-electron chi connectivity index (χ4n) is 1.41. The third kappa shape index (κ3) is 2.30. The number of benzene rings is 1. The van der Waals surface area contributed by atoms with Crippen LogP contribution in [0.4, 0.5) is 4.39 Å². The summed E-state index contributed by atoms with van der Waals surface area (Å²) in [5, 5.41) is 9.61. The summed E-state index contributed by atoms with van der Waals surface area (Å²) < 4.78 is 13.0. The molecular formula is C11H7ClFNO2S. The zero-order chi connectivity index (χ0) is 12.6. The summed E-state index contributed by atoms with van der Waals surface area (Å²) >= 11 is 6.74. The second-order valence-corrected chi connectivity index (χ2v) is 4.96. The van der Waals surface area contributed by atoms with Crippen molar-refractivity contribution in [2.75, 3.05) is 0 Å². The lowest BCUT2D eigenvalue weighted by molar-refractivity contribution is 0.0702. The quantitative estimate of drug-likeness (QED) is 0.908. The number of halogens is 2. The highest BCUT2D eigenvalue weighted by molar-refractivity contribution is 7.14. The lowest BCUT2D eigenvalue weighted by Crippen LogP contribution is -1.95. The predicted octanol–water partition coefficient (Wildman–Crippen LogP) is 3.61. The highest BCUT2D eigenvalue weighted by Crippen LogP contribution is 2.30. The first-order valence-corrected chi connectivity index (χ1v) is 5.84. The van der Waals surface area contributed by atoms with E-state index in [1.807, 2.05) is 0 Å². The van der Waals surface area contributed by atoms with E-state index < -0.39 is 11.8 Å². The van der Waals surface area contributed by atoms with Crippen LogP contribution >= 0.6 is 22.9 Å². The van der Waals surface area contributed by atoms with E-state index >= 15 is 0 Å². The molecule has 0 saturated heterocycles. The number of nitrogens with zero attached hydrogens (tertiary/aromatic N) is 1. The number of carboxylic acid groups (broad SMARTS) is 1. The highest BCUT2D eigenvalue weighted by atomic mass is 35.5. The first-order valence-electron chi connectivity index (χ1n) is 4.65. The molecule has 0 bridgehead atoms. The van der Waals surface area contributed by atoms with Gasteiger partial charge in [-0.25, -0.2) is 14.2 Å². The maximum Gasteiger partial charge on any atom is 0.348 e. The van der Waals surface area contributed by atoms with Crippen LogP contribution in [0, 0.1) is 12.7 Å². The van der Waals surface area contributed by atoms with Gasteiger partial charge in [0.15, 0.2) is 0 Å². The van der Waals surface area contributed by atoms with Crippen LogP contribution in [-0.2, 0) is 0 Å². The van der Waals surface area contributed by atoms with Crippen LogP contribution in [0.15, 0.2) is 18.2 Å². The molecule has 0 saturated carbocycles. The number of aryl methyl sites for hydroxylation is 1. The van der Waals surface area contributed by atoms with Gasteiger partial charge < -0.3 is 5.11 Å². The van der Waals surface area contributed by atoms with E-state index in [9.17, 15) is 9.18 Å². The molecule has 1 N–H and O–H groups in total. The maximum absolute atomic E-state index is 13.0. The minimum atomic E-state index is -1.05. The Morgan fingerprint density at radius 1 is 1.53 bits per heavy atom. The van der Waals surface area contributed by atoms with Crippen molar-refractivity contribution in [2.45, 2.75) is 6.92 Å². The van der Waals surface area contributed by atoms with E-state index in [0.717, 1.165) is 11.3 Å². The van der Waals surface area contributed by atoms with Gasteiger partial charge in [0.05, 0.1) is 15.7 Å². The molecule has 6 heteroatoms. The Kier molecular flexibility index (Phi) is 3.13. The Hall–Kier alpha value is -1.46. The zero-order valence-corrected chi connectivity index (χ0v) is 10.3. The first kappa shape index (κ1) is 12.0. The van der Waals surface area contributed by atoms with Gasteiger partial charge in [-0.3, -0.25) is 0 Å². The van der Waals surface area contributed by atoms with Gasteiger partial charge in [0.1, 0.15) is 10.7 Å². The van der Waals surface area contributed by atoms with Crippen LogP contribution in [0.1, 0.15) is 14.7 Å². The second kappa shape index (κ2) is 4.43. The van der Waals surface area contributed by atoms with Crippen LogP contribution in [0.25, 0.3) is 11.3 Å². The molecule has 0 atom stereocenters. The van der Waals surface area contributed by atoms with Crippen LogP contribution in [0.2, 0.25) is 5.02 Å². The third-order valence-electron chi connectivity index (χ3n) is 2.12. The molecule has 0 aliphatic carbocycles. The number of thiazole rings is 1. The van der Waals surface area contributed by atoms with Crippen molar-refractivity contribution in [3.05, 3.63) is 38.9 Å². The summed E-state index contributed by atoms with van der Waals surface area (Å²) in [4.78, 5) is 15.3. The predicted molar refractivity (Wildman–Crippen MR) is 64.2 cm³/mol. The Balaban J connectivity index is 2.59. The minimum absolute atomic E-state index is 0.0514. The molecular weight excluding hydrogens is 265 g/mol. The van der Waals surface area contributed by atoms with Crippen molar-refractivity contribution in [1.29, 1.82) is 0 Å². The topological polar surface area (TPSA) is 50.2 Å². The summed E-state index contributed by atoms with van der Waals surface area (Å²) in [6.07, 6.45) is 0. The van der Waals surface area contributed by atoms with Gasteiger partial charge in [0, 0.05) is 5.56 Å². The van der Waals surface area contributed by atoms with Crippen molar-refractivity contribution in [3.8, 4) is 11.3 Å². The Morgan fingerprint density at radius 2 is 2.24 bits per heavy atom. The number of aromatic nitrogens is 1. The van der Waals surface area contributed by atoms with Gasteiger partial charge in [0.25, 0.3) is 0 Å². The third-order valence-corrected chi connectivity index (χ3v) is 3.37. The van der Waals surface area contributed by atoms with Gasteiger partial charge >= 0.3 is 5.97 Å². The number of carboxylic acids is 1. The van der Waals surface area contributed by atoms with Gasteiger partial charge in [-0.15, -0.1) is 11.3 Å². The first-order chi connectivity index (χ1) is 7.99. The smallest absolute Gasteiger partial charge is 0.348 e. The Labute approximate surface area is 106 Å². The summed E-state index contributed by atoms with van der Waals surface area (Å²) in [5.41, 5.74) is 0.819. The van der Waals surface area contributed by atoms with Crippen molar-refractivity contribution in [3.63, 3.8) is 0 Å². The average molecular weight is 272 g/mol. The Morgan fingerprint density at radius 3 is 2.82 bits per heavy atom. The molecule has 0 spiro atoms. The van der Waals surface area contributed by atoms with Crippen molar-refractivity contribution < 1.29 is 14.3 Å². The second-order valence-electron chi connectivity index (χ2n) is 3.34. The van der Waals surface area contributed by atoms with Gasteiger partial charge in [-0.2, -0.15) is 0 Å². The Bertz CT molecular complexity index is 597. The molecule has 1 aromatic carbocycles. The lowest BCUT2D eigenvalue weighted by atomic mass is 10.1. The molecule has 1 heterocycles. The van der Waals surface area contributed by atoms with E-state index in [2.05, 4.69) is 4.98 Å². The normalized spacial score (nSPS) is 10.5. The lowest BCUT2D eigenvalue weighted by Gasteiger charge is -2.00. The molecule has 3 nitrogen and oxygen atoms in total. The molecule has 2 aromatic rings. The highest BCUT2D eigenvalue weighted by Gasteiger charge is 2.17. The standard InChI is InChI=1S/C11H7ClFNO2S/c1-5-14-9(10(17-5)11(15)16)6-2-3-8(13)7(12)4-6/h2-4H,1H3,(H,15,16). The van der Waals surface area contributed by atoms with Crippen LogP contribution in [0.3, 0.4) is 0 Å². The zero-order valence-electron chi connectivity index (χ0n) is 8.70. The molecule has 0 radical (unpaired) electrons. The summed E-state index contributed by atoms with van der Waals surface area (Å²) in [7, 11) is 0. The van der Waals surface area contributed by atoms with E-state index in [-0.39, 0.29) is 9.90 Å². The van der Waals surface area contributed by atoms with Crippen molar-refractivity contribution in [1.82, 2.24) is 4.98 Å². The van der Waals surface area contributed by atoms with Crippen LogP contribution in [-0.4, -0.2) is 16.1 Å². The number of aromatic carboxylic acids is 1. The molecule has 0 fully saturated rings. The fourth-order valence-corrected chi connectivity index (χ4v) is 2.37. The minimum Gasteiger partial charge on any atom is -0.477 e. The van der Waals surface area contributed by atoms with Crippen LogP contribution < -0.4 is 0 Å². The molecule has 17 heavy (non-hydrogen) atoms. The van der Waals surface area contributed by atoms with Gasteiger partial charge in [-0.05, 0) is 25.1 Å². The average Bonchev–Trinajstić information content (AvgIpc) is 2.64. The number of hydrogen-bond donors (Lipinski definition) is 1. The van der Waals surface area contributed by atoms with E-state index in [0.29, 0.717) is 16.3 Å². The van der Waals surface area contributed by atoms with E-state index in [4.69, 9.17) is 16.7 Å². The molecule has 0 aliphatic rings. The summed E-state index contributed by atoms with van der Waals surface area (Å²) in [5.74, 6) is -1.59. The van der Waals surface area contributed by atoms with Crippen LogP contribution in [0.5, 0.6) is 0 Å². The molecule has 0 amide bonds. The molecule has 88 valence electrons. The molecule has 0 unspecified atom stereocenters. The van der Waals surface area contributed by atoms with E-state index in [1.54, 1.807) is 6.92 Å². The van der Waals surface area contributed by atoms with Gasteiger partial charge in [0.2, 0.25) is 0 Å². The molecule has 0 aliphatic heterocycles. The van der Waals surface area contributed by atoms with Crippen molar-refractivity contribution >= 4 is 28.9 Å². The van der Waals surface area contributed by atoms with Gasteiger partial charge in [-0.1, -0.05) is 11.6 Å². The number of hydrogen-bond acceptors (Lipinski definition) is 3. The van der Waals surface area contributed by atoms with E-state index in [1.165, 1.54) is 18.2 Å². The monoisotopic (exact) mass is 271 g/mol. The SMILES string of the molecule is Cc1nc(-c2ccc(F)c(Cl)c2)c(C(=O)O)s1. The van der Waals surface area contributed by atoms with Crippen molar-refractivity contribution in [2.24, 2.45) is 0 Å². The molecule has 1 aromatic heterocycles. The summed E-state index contributed by atoms with van der Waals surface area (Å²) in [6.45, 7) is 1.71. The number of carbonyl (C=O) groups is 1. The maximum atomic E-state index is 13.0. The largest absolute Gasteiger partial charge is 0.477 e. The summed E-state index contributed by atoms with van der Waals surface area (Å²) in [6, 6.07) is 4.03. The fraction of sp³-hybridized carbons (Fsp3) is 0.0909. The molecule has 2 rings (SSSR count). The number of rotatable bonds is 2.